The molecule has 0 saturated heterocycles. The Morgan fingerprint density at radius 3 is 2.82 bits per heavy atom. The summed E-state index contributed by atoms with van der Waals surface area (Å²) in [6, 6.07) is 4.10. The lowest BCUT2D eigenvalue weighted by Gasteiger charge is -2.20. The number of aliphatic imine (C=N–C) groups is 2. The number of nitrogens with two attached hydrogens (primary N) is 1. The summed E-state index contributed by atoms with van der Waals surface area (Å²) in [5.41, 5.74) is 8.20. The van der Waals surface area contributed by atoms with E-state index in [1.807, 2.05) is 5.48 Å². The van der Waals surface area contributed by atoms with Gasteiger partial charge in [0.15, 0.2) is 17.5 Å². The Hall–Kier alpha value is -3.06. The van der Waals surface area contributed by atoms with Gasteiger partial charge in [-0.2, -0.15) is 0 Å². The second kappa shape index (κ2) is 12.3. The van der Waals surface area contributed by atoms with Crippen molar-refractivity contribution < 1.29 is 19.0 Å². The summed E-state index contributed by atoms with van der Waals surface area (Å²) in [6.45, 7) is 0.535. The van der Waals surface area contributed by atoms with Crippen LogP contribution in [-0.4, -0.2) is 46.3 Å². The number of nitrogens with zero attached hydrogens (tertiary/aromatic N) is 4. The van der Waals surface area contributed by atoms with Crippen molar-refractivity contribution in [1.82, 2.24) is 21.1 Å². The van der Waals surface area contributed by atoms with Crippen LogP contribution in [-0.2, 0) is 4.79 Å². The molecule has 1 saturated carbocycles. The van der Waals surface area contributed by atoms with Crippen LogP contribution in [0.25, 0.3) is 0 Å². The fraction of sp³-hybridized carbons (Fsp3) is 0.450. The Morgan fingerprint density at radius 1 is 1.30 bits per heavy atom. The minimum absolute atomic E-state index is 0.0530. The third kappa shape index (κ3) is 7.49. The van der Waals surface area contributed by atoms with Crippen LogP contribution in [0.4, 0.5) is 15.9 Å². The quantitative estimate of drug-likeness (QED) is 0.152. The maximum Gasteiger partial charge on any atom is 0.226 e. The lowest BCUT2D eigenvalue weighted by atomic mass is 9.87. The first-order chi connectivity index (χ1) is 16.0. The summed E-state index contributed by atoms with van der Waals surface area (Å²) in [7, 11) is 0. The molecule has 1 amide bonds. The Labute approximate surface area is 198 Å². The first-order valence-corrected chi connectivity index (χ1v) is 11.4. The molecule has 1 aromatic heterocycles. The number of hydrogen-bond acceptors (Lipinski definition) is 8. The third-order valence-electron chi connectivity index (χ3n) is 5.12. The molecule has 2 aromatic rings. The molecule has 0 radical (unpaired) electrons. The van der Waals surface area contributed by atoms with Crippen LogP contribution in [0, 0.1) is 11.7 Å². The van der Waals surface area contributed by atoms with E-state index in [1.165, 1.54) is 37.5 Å². The highest BCUT2D eigenvalue weighted by Crippen LogP contribution is 2.26. The van der Waals surface area contributed by atoms with E-state index in [9.17, 15) is 14.4 Å². The van der Waals surface area contributed by atoms with Gasteiger partial charge in [0.1, 0.15) is 5.82 Å². The van der Waals surface area contributed by atoms with Gasteiger partial charge in [0, 0.05) is 13.0 Å². The largest absolute Gasteiger partial charge is 0.370 e. The number of anilines is 1. The van der Waals surface area contributed by atoms with Crippen molar-refractivity contribution in [3.8, 4) is 0 Å². The van der Waals surface area contributed by atoms with Gasteiger partial charge in [-0.05, 0) is 63.2 Å². The topological polar surface area (TPSA) is 163 Å². The van der Waals surface area contributed by atoms with Gasteiger partial charge in [-0.3, -0.25) is 25.8 Å². The number of aromatic nitrogens is 2. The van der Waals surface area contributed by atoms with Crippen molar-refractivity contribution in [2.75, 3.05) is 18.4 Å². The Balaban J connectivity index is 1.51. The number of hydrogen-bond donors (Lipinski definition) is 5. The van der Waals surface area contributed by atoms with Gasteiger partial charge in [-0.25, -0.2) is 14.0 Å². The minimum atomic E-state index is -0.442. The average Bonchev–Trinajstić information content (AvgIpc) is 3.26. The van der Waals surface area contributed by atoms with Crippen molar-refractivity contribution in [3.05, 3.63) is 34.2 Å². The fourth-order valence-electron chi connectivity index (χ4n) is 3.51. The van der Waals surface area contributed by atoms with E-state index in [0.717, 1.165) is 12.8 Å². The highest BCUT2D eigenvalue weighted by Gasteiger charge is 2.18. The number of amides is 1. The van der Waals surface area contributed by atoms with Crippen LogP contribution < -0.4 is 21.8 Å². The molecule has 3 rings (SSSR count). The lowest BCUT2D eigenvalue weighted by Crippen LogP contribution is -2.38. The normalized spacial score (nSPS) is 15.4. The second-order valence-electron chi connectivity index (χ2n) is 7.58. The molecule has 0 bridgehead atoms. The third-order valence-corrected chi connectivity index (χ3v) is 5.72. The van der Waals surface area contributed by atoms with Crippen molar-refractivity contribution in [1.29, 1.82) is 0 Å². The molecule has 0 spiro atoms. The van der Waals surface area contributed by atoms with Gasteiger partial charge in [0.05, 0.1) is 16.7 Å². The van der Waals surface area contributed by atoms with Crippen LogP contribution in [0.1, 0.15) is 44.2 Å². The van der Waals surface area contributed by atoms with E-state index in [2.05, 4.69) is 46.9 Å². The zero-order valence-corrected chi connectivity index (χ0v) is 19.4. The monoisotopic (exact) mass is 524 g/mol. The Bertz CT molecular complexity index is 1010. The number of guanidine groups is 1. The van der Waals surface area contributed by atoms with Gasteiger partial charge in [-0.1, -0.05) is 19.3 Å². The van der Waals surface area contributed by atoms with E-state index in [-0.39, 0.29) is 40.2 Å². The predicted molar refractivity (Wildman–Crippen MR) is 124 cm³/mol. The molecular formula is C20H26BrFN8O3. The van der Waals surface area contributed by atoms with Crippen molar-refractivity contribution >= 4 is 45.1 Å². The molecule has 33 heavy (non-hydrogen) atoms. The first-order valence-electron chi connectivity index (χ1n) is 10.6. The van der Waals surface area contributed by atoms with E-state index in [0.29, 0.717) is 24.6 Å². The molecule has 1 aliphatic rings. The maximum atomic E-state index is 13.4. The number of carbonyl (C=O) groups is 1. The molecule has 0 unspecified atom stereocenters. The van der Waals surface area contributed by atoms with Gasteiger partial charge in [-0.15, -0.1) is 0 Å². The number of halogens is 2. The Morgan fingerprint density at radius 2 is 2.09 bits per heavy atom. The first kappa shape index (κ1) is 24.6. The van der Waals surface area contributed by atoms with Gasteiger partial charge in [0.25, 0.3) is 0 Å². The summed E-state index contributed by atoms with van der Waals surface area (Å²) >= 11 is 3.08. The zero-order chi connectivity index (χ0) is 23.6. The molecular weight excluding hydrogens is 499 g/mol. The molecule has 0 aliphatic heterocycles. The number of rotatable bonds is 8. The van der Waals surface area contributed by atoms with Crippen LogP contribution in [0.2, 0.25) is 0 Å². The summed E-state index contributed by atoms with van der Waals surface area (Å²) in [6.07, 6.45) is 6.20. The summed E-state index contributed by atoms with van der Waals surface area (Å²) < 4.78 is 18.4. The van der Waals surface area contributed by atoms with Crippen molar-refractivity contribution in [2.45, 2.75) is 38.5 Å². The highest BCUT2D eigenvalue weighted by molar-refractivity contribution is 9.10. The van der Waals surface area contributed by atoms with Crippen LogP contribution in [0.15, 0.2) is 37.3 Å². The van der Waals surface area contributed by atoms with Crippen LogP contribution >= 0.6 is 15.9 Å². The number of hydroxylamine groups is 1. The molecule has 13 heteroatoms. The molecule has 11 nitrogen and oxygen atoms in total. The zero-order valence-electron chi connectivity index (χ0n) is 17.9. The fourth-order valence-corrected chi connectivity index (χ4v) is 3.88. The SMILES string of the molecule is NC(=NCCNc1nonc1C(=Nc1ccc(F)c(Br)c1)NO)NC(=O)CC1CCCCC1. The highest BCUT2D eigenvalue weighted by atomic mass is 79.9. The number of carbonyl (C=O) groups excluding carboxylic acids is 1. The summed E-state index contributed by atoms with van der Waals surface area (Å²) in [5.74, 6) is 0.0433. The summed E-state index contributed by atoms with van der Waals surface area (Å²) in [5, 5.41) is 22.5. The minimum Gasteiger partial charge on any atom is -0.370 e. The van der Waals surface area contributed by atoms with Gasteiger partial charge in [0.2, 0.25) is 11.7 Å². The van der Waals surface area contributed by atoms with Gasteiger partial charge < -0.3 is 11.1 Å². The van der Waals surface area contributed by atoms with E-state index in [4.69, 9.17) is 10.4 Å². The maximum absolute atomic E-state index is 13.4. The number of benzene rings is 1. The van der Waals surface area contributed by atoms with E-state index >= 15 is 0 Å². The standard InChI is InChI=1S/C20H26BrFN8O3/c21-14-11-13(6-7-15(14)22)26-19(28-32)17-18(30-33-29-17)24-8-9-25-20(23)27-16(31)10-12-4-2-1-3-5-12/h6-7,11-12,32H,1-5,8-10H2,(H,24,30)(H,26,28)(H3,23,25,27,31). The predicted octanol–water partition coefficient (Wildman–Crippen LogP) is 2.84. The molecule has 1 aromatic carbocycles. The van der Waals surface area contributed by atoms with Crippen molar-refractivity contribution in [3.63, 3.8) is 0 Å². The average molecular weight is 525 g/mol. The molecule has 1 aliphatic carbocycles. The molecule has 1 heterocycles. The van der Waals surface area contributed by atoms with E-state index in [1.54, 1.807) is 0 Å². The lowest BCUT2D eigenvalue weighted by molar-refractivity contribution is -0.120. The molecule has 1 fully saturated rings. The summed E-state index contributed by atoms with van der Waals surface area (Å²) in [4.78, 5) is 20.4. The van der Waals surface area contributed by atoms with Crippen molar-refractivity contribution in [2.24, 2.45) is 21.6 Å². The second-order valence-corrected chi connectivity index (χ2v) is 8.44. The smallest absolute Gasteiger partial charge is 0.226 e. The Kier molecular flexibility index (Phi) is 9.13. The van der Waals surface area contributed by atoms with Crippen LogP contribution in [0.5, 0.6) is 0 Å². The van der Waals surface area contributed by atoms with E-state index < -0.39 is 5.82 Å². The van der Waals surface area contributed by atoms with Crippen LogP contribution in [0.3, 0.4) is 0 Å². The molecule has 178 valence electrons. The molecule has 6 N–H and O–H groups in total. The number of amidine groups is 1. The molecule has 0 atom stereocenters. The van der Waals surface area contributed by atoms with Gasteiger partial charge >= 0.3 is 0 Å². The number of nitrogens with one attached hydrogen (secondary N) is 3.